The number of aryl methyl sites for hydroxylation is 2. The van der Waals surface area contributed by atoms with Gasteiger partial charge in [-0.05, 0) is 43.5 Å². The highest BCUT2D eigenvalue weighted by Crippen LogP contribution is 2.18. The van der Waals surface area contributed by atoms with Crippen molar-refractivity contribution in [3.63, 3.8) is 0 Å². The second-order valence-corrected chi connectivity index (χ2v) is 6.34. The molecule has 0 saturated carbocycles. The van der Waals surface area contributed by atoms with E-state index in [4.69, 9.17) is 0 Å². The molecule has 3 rings (SSSR count). The van der Waals surface area contributed by atoms with Crippen LogP contribution in [0.2, 0.25) is 0 Å². The molecule has 0 unspecified atom stereocenters. The Morgan fingerprint density at radius 1 is 1.00 bits per heavy atom. The zero-order valence-corrected chi connectivity index (χ0v) is 15.2. The van der Waals surface area contributed by atoms with Gasteiger partial charge >= 0.3 is 0 Å². The SMILES string of the molecule is Cc1cccc(CNc2ncc(C(=O)Nc3cccc(C)c3C)cn2)c1. The van der Waals surface area contributed by atoms with Crippen LogP contribution in [0.5, 0.6) is 0 Å². The summed E-state index contributed by atoms with van der Waals surface area (Å²) in [6, 6.07) is 14.1. The van der Waals surface area contributed by atoms with E-state index in [0.717, 1.165) is 22.4 Å². The first-order valence-corrected chi connectivity index (χ1v) is 8.52. The maximum atomic E-state index is 12.4. The lowest BCUT2D eigenvalue weighted by Crippen LogP contribution is -2.14. The number of aromatic nitrogens is 2. The van der Waals surface area contributed by atoms with E-state index in [0.29, 0.717) is 18.1 Å². The second kappa shape index (κ2) is 7.78. The maximum Gasteiger partial charge on any atom is 0.258 e. The summed E-state index contributed by atoms with van der Waals surface area (Å²) in [4.78, 5) is 20.9. The molecule has 0 fully saturated rings. The van der Waals surface area contributed by atoms with E-state index in [9.17, 15) is 4.79 Å². The summed E-state index contributed by atoms with van der Waals surface area (Å²) >= 11 is 0. The Bertz CT molecular complexity index is 920. The Hall–Kier alpha value is -3.21. The first-order chi connectivity index (χ1) is 12.5. The smallest absolute Gasteiger partial charge is 0.258 e. The fourth-order valence-corrected chi connectivity index (χ4v) is 2.62. The molecule has 5 nitrogen and oxygen atoms in total. The van der Waals surface area contributed by atoms with Crippen molar-refractivity contribution in [3.8, 4) is 0 Å². The normalized spacial score (nSPS) is 10.4. The summed E-state index contributed by atoms with van der Waals surface area (Å²) in [5.74, 6) is 0.277. The molecule has 2 N–H and O–H groups in total. The average Bonchev–Trinajstić information content (AvgIpc) is 2.64. The third-order valence-corrected chi connectivity index (χ3v) is 4.30. The summed E-state index contributed by atoms with van der Waals surface area (Å²) in [5.41, 5.74) is 5.78. The number of anilines is 2. The minimum Gasteiger partial charge on any atom is -0.350 e. The number of nitrogens with one attached hydrogen (secondary N) is 2. The van der Waals surface area contributed by atoms with E-state index in [1.54, 1.807) is 0 Å². The summed E-state index contributed by atoms with van der Waals surface area (Å²) in [5, 5.41) is 6.08. The zero-order chi connectivity index (χ0) is 18.5. The standard InChI is InChI=1S/C21H22N4O/c1-14-6-4-8-17(10-14)11-22-21-23-12-18(13-24-21)20(26)25-19-9-5-7-15(2)16(19)3/h4-10,12-13H,11H2,1-3H3,(H,25,26)(H,22,23,24). The Morgan fingerprint density at radius 3 is 2.46 bits per heavy atom. The molecule has 0 aliphatic rings. The summed E-state index contributed by atoms with van der Waals surface area (Å²) in [6.07, 6.45) is 3.07. The zero-order valence-electron chi connectivity index (χ0n) is 15.2. The van der Waals surface area contributed by atoms with Crippen molar-refractivity contribution in [2.45, 2.75) is 27.3 Å². The summed E-state index contributed by atoms with van der Waals surface area (Å²) in [6.45, 7) is 6.70. The molecule has 0 aliphatic carbocycles. The average molecular weight is 346 g/mol. The van der Waals surface area contributed by atoms with E-state index in [-0.39, 0.29) is 5.91 Å². The fourth-order valence-electron chi connectivity index (χ4n) is 2.62. The largest absolute Gasteiger partial charge is 0.350 e. The van der Waals surface area contributed by atoms with Crippen molar-refractivity contribution in [2.24, 2.45) is 0 Å². The minimum absolute atomic E-state index is 0.219. The highest BCUT2D eigenvalue weighted by molar-refractivity contribution is 6.04. The van der Waals surface area contributed by atoms with Crippen LogP contribution >= 0.6 is 0 Å². The molecule has 0 radical (unpaired) electrons. The summed E-state index contributed by atoms with van der Waals surface area (Å²) < 4.78 is 0. The molecule has 1 amide bonds. The molecule has 3 aromatic rings. The first kappa shape index (κ1) is 17.6. The van der Waals surface area contributed by atoms with E-state index in [1.165, 1.54) is 18.0 Å². The number of nitrogens with zero attached hydrogens (tertiary/aromatic N) is 2. The number of amides is 1. The van der Waals surface area contributed by atoms with Gasteiger partial charge in [0.2, 0.25) is 5.95 Å². The van der Waals surface area contributed by atoms with Gasteiger partial charge < -0.3 is 10.6 Å². The van der Waals surface area contributed by atoms with Crippen LogP contribution in [0.25, 0.3) is 0 Å². The number of carbonyl (C=O) groups is 1. The van der Waals surface area contributed by atoms with Crippen molar-refractivity contribution in [2.75, 3.05) is 10.6 Å². The number of carbonyl (C=O) groups excluding carboxylic acids is 1. The molecule has 0 atom stereocenters. The number of hydrogen-bond donors (Lipinski definition) is 2. The van der Waals surface area contributed by atoms with Crippen molar-refractivity contribution in [3.05, 3.63) is 82.7 Å². The topological polar surface area (TPSA) is 66.9 Å². The molecule has 0 bridgehead atoms. The Kier molecular flexibility index (Phi) is 5.27. The lowest BCUT2D eigenvalue weighted by atomic mass is 10.1. The van der Waals surface area contributed by atoms with Crippen LogP contribution in [0.4, 0.5) is 11.6 Å². The molecule has 1 heterocycles. The number of hydrogen-bond acceptors (Lipinski definition) is 4. The van der Waals surface area contributed by atoms with Gasteiger partial charge in [-0.2, -0.15) is 0 Å². The molecular formula is C21H22N4O. The quantitative estimate of drug-likeness (QED) is 0.724. The Balaban J connectivity index is 1.63. The lowest BCUT2D eigenvalue weighted by Gasteiger charge is -2.10. The van der Waals surface area contributed by atoms with E-state index in [1.807, 2.05) is 44.2 Å². The summed E-state index contributed by atoms with van der Waals surface area (Å²) in [7, 11) is 0. The molecule has 132 valence electrons. The van der Waals surface area contributed by atoms with Crippen LogP contribution in [0.15, 0.2) is 54.9 Å². The first-order valence-electron chi connectivity index (χ1n) is 8.52. The van der Waals surface area contributed by atoms with Gasteiger partial charge in [0.15, 0.2) is 0 Å². The van der Waals surface area contributed by atoms with Crippen molar-refractivity contribution < 1.29 is 4.79 Å². The second-order valence-electron chi connectivity index (χ2n) is 6.34. The number of rotatable bonds is 5. The molecule has 1 aromatic heterocycles. The van der Waals surface area contributed by atoms with Crippen LogP contribution < -0.4 is 10.6 Å². The van der Waals surface area contributed by atoms with Gasteiger partial charge in [-0.3, -0.25) is 4.79 Å². The van der Waals surface area contributed by atoms with Crippen molar-refractivity contribution in [1.29, 1.82) is 0 Å². The predicted octanol–water partition coefficient (Wildman–Crippen LogP) is 4.27. The minimum atomic E-state index is -0.219. The van der Waals surface area contributed by atoms with Gasteiger partial charge in [0, 0.05) is 24.6 Å². The van der Waals surface area contributed by atoms with Crippen LogP contribution in [0.3, 0.4) is 0 Å². The molecule has 2 aromatic carbocycles. The third kappa shape index (κ3) is 4.25. The fraction of sp³-hybridized carbons (Fsp3) is 0.190. The van der Waals surface area contributed by atoms with Gasteiger partial charge in [0.25, 0.3) is 5.91 Å². The van der Waals surface area contributed by atoms with Crippen molar-refractivity contribution >= 4 is 17.5 Å². The van der Waals surface area contributed by atoms with Gasteiger partial charge in [-0.1, -0.05) is 42.0 Å². The van der Waals surface area contributed by atoms with Crippen LogP contribution in [-0.2, 0) is 6.54 Å². The van der Waals surface area contributed by atoms with Crippen LogP contribution in [0.1, 0.15) is 32.6 Å². The molecule has 26 heavy (non-hydrogen) atoms. The Labute approximate surface area is 153 Å². The molecule has 5 heteroatoms. The van der Waals surface area contributed by atoms with E-state index >= 15 is 0 Å². The molecule has 0 spiro atoms. The molecule has 0 aliphatic heterocycles. The maximum absolute atomic E-state index is 12.4. The van der Waals surface area contributed by atoms with Crippen molar-refractivity contribution in [1.82, 2.24) is 9.97 Å². The third-order valence-electron chi connectivity index (χ3n) is 4.30. The van der Waals surface area contributed by atoms with E-state index < -0.39 is 0 Å². The van der Waals surface area contributed by atoms with E-state index in [2.05, 4.69) is 39.7 Å². The van der Waals surface area contributed by atoms with Gasteiger partial charge in [0.1, 0.15) is 0 Å². The molecule has 0 saturated heterocycles. The van der Waals surface area contributed by atoms with Crippen LogP contribution in [0, 0.1) is 20.8 Å². The van der Waals surface area contributed by atoms with Gasteiger partial charge in [-0.15, -0.1) is 0 Å². The highest BCUT2D eigenvalue weighted by Gasteiger charge is 2.10. The Morgan fingerprint density at radius 2 is 1.73 bits per heavy atom. The molecular weight excluding hydrogens is 324 g/mol. The van der Waals surface area contributed by atoms with Crippen LogP contribution in [-0.4, -0.2) is 15.9 Å². The highest BCUT2D eigenvalue weighted by atomic mass is 16.1. The number of benzene rings is 2. The van der Waals surface area contributed by atoms with Gasteiger partial charge in [0.05, 0.1) is 5.56 Å². The lowest BCUT2D eigenvalue weighted by molar-refractivity contribution is 0.102. The predicted molar refractivity (Wildman–Crippen MR) is 104 cm³/mol. The van der Waals surface area contributed by atoms with Gasteiger partial charge in [-0.25, -0.2) is 9.97 Å². The monoisotopic (exact) mass is 346 g/mol.